The highest BCUT2D eigenvalue weighted by Gasteiger charge is 2.19. The van der Waals surface area contributed by atoms with Gasteiger partial charge in [-0.05, 0) is 35.3 Å². The molecule has 0 saturated heterocycles. The number of hydrogen-bond donors (Lipinski definition) is 0. The summed E-state index contributed by atoms with van der Waals surface area (Å²) in [7, 11) is 0. The molecule has 0 aliphatic rings. The summed E-state index contributed by atoms with van der Waals surface area (Å²) in [5.74, 6) is 0. The first-order valence-electron chi connectivity index (χ1n) is 8.32. The zero-order valence-electron chi connectivity index (χ0n) is 13.9. The second-order valence-corrected chi connectivity index (χ2v) is 9.68. The molecule has 0 aliphatic carbocycles. The number of hydrogen-bond acceptors (Lipinski definition) is 4. The maximum atomic E-state index is 11.2. The molecule has 7 heteroatoms. The van der Waals surface area contributed by atoms with E-state index in [2.05, 4.69) is 13.8 Å². The maximum absolute atomic E-state index is 11.2. The third-order valence-corrected chi connectivity index (χ3v) is 4.24. The lowest BCUT2D eigenvalue weighted by Crippen LogP contribution is -2.25. The van der Waals surface area contributed by atoms with Gasteiger partial charge in [-0.1, -0.05) is 52.4 Å². The molecule has 0 amide bonds. The van der Waals surface area contributed by atoms with Crippen LogP contribution in [0.25, 0.3) is 0 Å². The molecule has 22 heavy (non-hydrogen) atoms. The van der Waals surface area contributed by atoms with Crippen LogP contribution in [0.3, 0.4) is 0 Å². The predicted molar refractivity (Wildman–Crippen MR) is 94.1 cm³/mol. The first-order chi connectivity index (χ1) is 10.5. The van der Waals surface area contributed by atoms with Gasteiger partial charge in [-0.2, -0.15) is 0 Å². The van der Waals surface area contributed by atoms with Gasteiger partial charge in [0.1, 0.15) is 6.10 Å². The lowest BCUT2D eigenvalue weighted by Gasteiger charge is -2.18. The second kappa shape index (κ2) is 15.2. The summed E-state index contributed by atoms with van der Waals surface area (Å²) in [6, 6.07) is 0. The van der Waals surface area contributed by atoms with Crippen LogP contribution in [-0.2, 0) is 18.6 Å². The standard InChI is InChI=1S/C15H31Cl2O4P/c1-3-5-7-9-11-19-13-15(14-21-22(16,17)18)20-12-10-8-6-4-2/h15H,3-14H2,1-2H3. The Kier molecular flexibility index (Phi) is 15.7. The van der Waals surface area contributed by atoms with Crippen molar-refractivity contribution in [3.05, 3.63) is 0 Å². The monoisotopic (exact) mass is 376 g/mol. The largest absolute Gasteiger partial charge is 0.380 e. The molecule has 0 heterocycles. The zero-order valence-corrected chi connectivity index (χ0v) is 16.3. The van der Waals surface area contributed by atoms with Crippen molar-refractivity contribution in [1.82, 2.24) is 0 Å². The summed E-state index contributed by atoms with van der Waals surface area (Å²) in [5.41, 5.74) is 0. The van der Waals surface area contributed by atoms with E-state index in [4.69, 9.17) is 36.5 Å². The van der Waals surface area contributed by atoms with E-state index in [1.54, 1.807) is 0 Å². The van der Waals surface area contributed by atoms with Gasteiger partial charge >= 0.3 is 6.07 Å². The molecular weight excluding hydrogens is 346 g/mol. The minimum Gasteiger partial charge on any atom is -0.379 e. The van der Waals surface area contributed by atoms with Gasteiger partial charge < -0.3 is 14.0 Å². The van der Waals surface area contributed by atoms with Crippen LogP contribution in [0.2, 0.25) is 0 Å². The summed E-state index contributed by atoms with van der Waals surface area (Å²) in [5, 5.41) is 0. The van der Waals surface area contributed by atoms with Gasteiger partial charge in [-0.15, -0.1) is 0 Å². The molecule has 0 N–H and O–H groups in total. The molecule has 1 unspecified atom stereocenters. The van der Waals surface area contributed by atoms with Crippen molar-refractivity contribution in [2.75, 3.05) is 26.4 Å². The van der Waals surface area contributed by atoms with E-state index < -0.39 is 6.07 Å². The molecule has 0 aromatic rings. The van der Waals surface area contributed by atoms with Gasteiger partial charge in [0.05, 0.1) is 13.2 Å². The highest BCUT2D eigenvalue weighted by atomic mass is 35.9. The van der Waals surface area contributed by atoms with Crippen LogP contribution in [0.15, 0.2) is 0 Å². The van der Waals surface area contributed by atoms with Crippen molar-refractivity contribution >= 4 is 28.6 Å². The smallest absolute Gasteiger partial charge is 0.379 e. The molecule has 0 rings (SSSR count). The quantitative estimate of drug-likeness (QED) is 0.239. The highest BCUT2D eigenvalue weighted by Crippen LogP contribution is 2.57. The van der Waals surface area contributed by atoms with Crippen LogP contribution >= 0.6 is 28.6 Å². The molecule has 0 aromatic carbocycles. The molecule has 0 bridgehead atoms. The summed E-state index contributed by atoms with van der Waals surface area (Å²) >= 11 is 10.8. The number of halogens is 2. The molecular formula is C15H31Cl2O4P. The zero-order chi connectivity index (χ0) is 16.7. The normalized spacial score (nSPS) is 13.5. The van der Waals surface area contributed by atoms with Crippen molar-refractivity contribution in [1.29, 1.82) is 0 Å². The molecule has 0 fully saturated rings. The fourth-order valence-electron chi connectivity index (χ4n) is 1.94. The molecule has 0 aromatic heterocycles. The maximum Gasteiger partial charge on any atom is 0.380 e. The summed E-state index contributed by atoms with van der Waals surface area (Å²) < 4.78 is 27.5. The van der Waals surface area contributed by atoms with E-state index in [9.17, 15) is 4.57 Å². The van der Waals surface area contributed by atoms with E-state index in [1.165, 1.54) is 32.1 Å². The molecule has 0 spiro atoms. The van der Waals surface area contributed by atoms with Crippen LogP contribution in [-0.4, -0.2) is 32.5 Å². The molecule has 0 radical (unpaired) electrons. The number of ether oxygens (including phenoxy) is 2. The third kappa shape index (κ3) is 17.1. The number of rotatable bonds is 16. The second-order valence-electron chi connectivity index (χ2n) is 5.40. The Hall–Kier alpha value is 0.690. The van der Waals surface area contributed by atoms with Crippen molar-refractivity contribution in [2.24, 2.45) is 0 Å². The van der Waals surface area contributed by atoms with Gasteiger partial charge in [-0.3, -0.25) is 4.57 Å². The Balaban J connectivity index is 3.87. The lowest BCUT2D eigenvalue weighted by atomic mass is 10.2. The molecule has 1 atom stereocenters. The Morgan fingerprint density at radius 3 is 2.00 bits per heavy atom. The Morgan fingerprint density at radius 2 is 1.45 bits per heavy atom. The fraction of sp³-hybridized carbons (Fsp3) is 1.00. The molecule has 0 aliphatic heterocycles. The third-order valence-electron chi connectivity index (χ3n) is 3.21. The van der Waals surface area contributed by atoms with Crippen LogP contribution in [0.4, 0.5) is 0 Å². The minimum atomic E-state index is -3.51. The summed E-state index contributed by atoms with van der Waals surface area (Å²) in [4.78, 5) is 0. The first kappa shape index (κ1) is 22.7. The van der Waals surface area contributed by atoms with Gasteiger partial charge in [-0.25, -0.2) is 0 Å². The first-order valence-corrected chi connectivity index (χ1v) is 11.8. The minimum absolute atomic E-state index is 0.0903. The van der Waals surface area contributed by atoms with Crippen molar-refractivity contribution in [2.45, 2.75) is 71.3 Å². The van der Waals surface area contributed by atoms with E-state index in [0.29, 0.717) is 19.8 Å². The van der Waals surface area contributed by atoms with Crippen LogP contribution in [0.1, 0.15) is 65.2 Å². The molecule has 0 saturated carbocycles. The van der Waals surface area contributed by atoms with E-state index in [0.717, 1.165) is 19.3 Å². The van der Waals surface area contributed by atoms with Crippen molar-refractivity contribution in [3.8, 4) is 0 Å². The van der Waals surface area contributed by atoms with Crippen molar-refractivity contribution in [3.63, 3.8) is 0 Å². The van der Waals surface area contributed by atoms with E-state index >= 15 is 0 Å². The lowest BCUT2D eigenvalue weighted by molar-refractivity contribution is -0.0375. The van der Waals surface area contributed by atoms with E-state index in [1.807, 2.05) is 0 Å². The Bertz CT molecular complexity index is 287. The van der Waals surface area contributed by atoms with Crippen LogP contribution in [0.5, 0.6) is 0 Å². The summed E-state index contributed by atoms with van der Waals surface area (Å²) in [6.07, 6.45) is 5.40. The fourth-order valence-corrected chi connectivity index (χ4v) is 2.62. The predicted octanol–water partition coefficient (Wildman–Crippen LogP) is 6.15. The SMILES string of the molecule is CCCCCCOCC(COP(=O)(Cl)Cl)OCCCCCC. The van der Waals surface area contributed by atoms with Gasteiger partial charge in [0.2, 0.25) is 0 Å². The Morgan fingerprint density at radius 1 is 0.864 bits per heavy atom. The molecule has 134 valence electrons. The van der Waals surface area contributed by atoms with Gasteiger partial charge in [0, 0.05) is 13.2 Å². The van der Waals surface area contributed by atoms with Gasteiger partial charge in [0.25, 0.3) is 0 Å². The van der Waals surface area contributed by atoms with Crippen LogP contribution < -0.4 is 0 Å². The summed E-state index contributed by atoms with van der Waals surface area (Å²) in [6.45, 7) is 6.19. The van der Waals surface area contributed by atoms with E-state index in [-0.39, 0.29) is 12.7 Å². The highest BCUT2D eigenvalue weighted by molar-refractivity contribution is 8.05. The average Bonchev–Trinajstić information content (AvgIpc) is 2.46. The number of unbranched alkanes of at least 4 members (excludes halogenated alkanes) is 6. The van der Waals surface area contributed by atoms with Gasteiger partial charge in [0.15, 0.2) is 0 Å². The Labute approximate surface area is 145 Å². The molecule has 4 nitrogen and oxygen atoms in total. The van der Waals surface area contributed by atoms with Crippen molar-refractivity contribution < 1.29 is 18.6 Å². The average molecular weight is 377 g/mol. The topological polar surface area (TPSA) is 44.8 Å². The van der Waals surface area contributed by atoms with Crippen LogP contribution in [0, 0.1) is 0 Å².